The van der Waals surface area contributed by atoms with E-state index in [0.717, 1.165) is 66.5 Å². The molecule has 572 valence electrons. The van der Waals surface area contributed by atoms with Crippen molar-refractivity contribution in [3.63, 3.8) is 0 Å². The molecule has 0 fully saturated rings. The summed E-state index contributed by atoms with van der Waals surface area (Å²) in [6, 6.07) is 105. The second kappa shape index (κ2) is 42.2. The highest BCUT2D eigenvalue weighted by atomic mass is 15.0. The maximum Gasteiger partial charge on any atom is 0.0967 e. The van der Waals surface area contributed by atoms with Gasteiger partial charge in [-0.3, -0.25) is 24.9 Å². The maximum atomic E-state index is 4.65. The zero-order chi connectivity index (χ0) is 78.4. The summed E-state index contributed by atoms with van der Waals surface area (Å²) in [5.74, 6) is 4.68. The smallest absolute Gasteiger partial charge is 0.0967 e. The van der Waals surface area contributed by atoms with Crippen LogP contribution in [0.15, 0.2) is 347 Å². The summed E-state index contributed by atoms with van der Waals surface area (Å²) in [5.41, 5.74) is 24.6. The second-order valence-electron chi connectivity index (χ2n) is 31.0. The third-order valence-electron chi connectivity index (χ3n) is 23.0. The average molecular weight is 1490 g/mol. The van der Waals surface area contributed by atoms with Crippen molar-refractivity contribution in [3.8, 4) is 11.4 Å². The molecule has 6 aromatic heterocycles. The topological polar surface area (TPSA) is 82.3 Å². The van der Waals surface area contributed by atoms with Gasteiger partial charge in [-0.1, -0.05) is 292 Å². The highest BCUT2D eigenvalue weighted by Crippen LogP contribution is 2.38. The van der Waals surface area contributed by atoms with Crippen molar-refractivity contribution in [1.29, 1.82) is 0 Å². The monoisotopic (exact) mass is 1480 g/mol. The van der Waals surface area contributed by atoms with E-state index in [0.29, 0.717) is 47.3 Å². The Bertz CT molecular complexity index is 5200. The number of nitrogens with zero attached hydrogens (tertiary/aromatic N) is 7. The lowest BCUT2D eigenvalue weighted by Gasteiger charge is -2.21. The fraction of sp³-hybridized carbons (Fsp3) is 0.264. The van der Waals surface area contributed by atoms with E-state index in [-0.39, 0.29) is 0 Å². The van der Waals surface area contributed by atoms with Gasteiger partial charge in [0.25, 0.3) is 0 Å². The Kier molecular flexibility index (Phi) is 30.2. The van der Waals surface area contributed by atoms with Crippen LogP contribution in [0.2, 0.25) is 0 Å². The normalized spacial score (nSPS) is 13.3. The fourth-order valence-electron chi connectivity index (χ4n) is 16.2. The Morgan fingerprint density at radius 3 is 1.08 bits per heavy atom. The zero-order valence-electron chi connectivity index (χ0n) is 67.6. The largest absolute Gasteiger partial charge is 0.333 e. The molecule has 0 spiro atoms. The molecule has 0 aliphatic heterocycles. The van der Waals surface area contributed by atoms with Crippen LogP contribution in [-0.4, -0.2) is 34.5 Å². The summed E-state index contributed by atoms with van der Waals surface area (Å²) in [6.45, 7) is 19.5. The summed E-state index contributed by atoms with van der Waals surface area (Å²) >= 11 is 0. The van der Waals surface area contributed by atoms with E-state index < -0.39 is 0 Å². The minimum atomic E-state index is 0.556. The Morgan fingerprint density at radius 2 is 0.655 bits per heavy atom. The van der Waals surface area contributed by atoms with Gasteiger partial charge in [0.15, 0.2) is 0 Å². The number of benzene rings is 9. The lowest BCUT2D eigenvalue weighted by atomic mass is 9.84. The average Bonchev–Trinajstić information content (AvgIpc) is 0.822. The summed E-state index contributed by atoms with van der Waals surface area (Å²) < 4.78 is 2.10. The summed E-state index contributed by atoms with van der Waals surface area (Å²) in [7, 11) is 0. The number of aromatic nitrogens is 7. The molecule has 0 saturated heterocycles. The van der Waals surface area contributed by atoms with Crippen molar-refractivity contribution in [2.75, 3.05) is 0 Å². The molecule has 7 heteroatoms. The molecule has 0 bridgehead atoms. The molecule has 7 nitrogen and oxygen atoms in total. The van der Waals surface area contributed by atoms with E-state index >= 15 is 0 Å². The first-order chi connectivity index (χ1) is 55.5. The van der Waals surface area contributed by atoms with Crippen LogP contribution in [-0.2, 0) is 25.8 Å². The number of imidazole rings is 1. The van der Waals surface area contributed by atoms with Crippen molar-refractivity contribution in [1.82, 2.24) is 34.5 Å². The Labute approximate surface area is 673 Å². The van der Waals surface area contributed by atoms with Crippen LogP contribution in [0, 0.1) is 0 Å². The van der Waals surface area contributed by atoms with Crippen LogP contribution in [0.3, 0.4) is 0 Å². The van der Waals surface area contributed by atoms with E-state index in [1.165, 1.54) is 127 Å². The van der Waals surface area contributed by atoms with Crippen LogP contribution in [0.4, 0.5) is 0 Å². The lowest BCUT2D eigenvalue weighted by molar-refractivity contribution is 0.544. The number of fused-ring (bicyclic) bond motifs is 3. The van der Waals surface area contributed by atoms with E-state index in [1.807, 2.05) is 86.2 Å². The van der Waals surface area contributed by atoms with Crippen molar-refractivity contribution in [2.45, 2.75) is 180 Å². The van der Waals surface area contributed by atoms with Gasteiger partial charge < -0.3 is 4.57 Å². The van der Waals surface area contributed by atoms with Crippen molar-refractivity contribution >= 4 is 21.8 Å². The summed E-state index contributed by atoms with van der Waals surface area (Å²) in [6.07, 6.45) is 29.0. The third-order valence-corrected chi connectivity index (χ3v) is 23.0. The Balaban J connectivity index is 0.000000141. The first-order valence-corrected chi connectivity index (χ1v) is 41.3. The van der Waals surface area contributed by atoms with Gasteiger partial charge in [0.05, 0.1) is 28.7 Å². The number of hydrogen-bond donors (Lipinski definition) is 0. The molecule has 0 amide bonds. The van der Waals surface area contributed by atoms with Crippen LogP contribution in [0.25, 0.3) is 33.2 Å². The van der Waals surface area contributed by atoms with Gasteiger partial charge in [-0.05, 0) is 256 Å². The molecule has 8 unspecified atom stereocenters. The lowest BCUT2D eigenvalue weighted by Crippen LogP contribution is -2.04. The molecule has 8 atom stereocenters. The molecule has 9 aromatic carbocycles. The Morgan fingerprint density at radius 1 is 0.274 bits per heavy atom. The van der Waals surface area contributed by atoms with Crippen LogP contribution >= 0.6 is 0 Å². The number of rotatable bonds is 29. The van der Waals surface area contributed by atoms with Crippen LogP contribution in [0.1, 0.15) is 238 Å². The minimum Gasteiger partial charge on any atom is -0.333 e. The highest BCUT2D eigenvalue weighted by molar-refractivity contribution is 6.04. The molecule has 6 heterocycles. The molecule has 0 aliphatic carbocycles. The van der Waals surface area contributed by atoms with Crippen molar-refractivity contribution in [2.24, 2.45) is 0 Å². The quantitative estimate of drug-likeness (QED) is 0.0435. The summed E-state index contributed by atoms with van der Waals surface area (Å²) in [4.78, 5) is 26.3. The SMILES string of the molecule is CCC(CC(C)c1ccccc1)c1ccc(Cc2cc3cccnc3c3ncccc23)cc1.CCC(CC(C)c1ccccc1)c1ccc(Cc2ccnc(-c3ccccn3)c2)cc1.CCC(CC(C)c1ccccc1)c1ccc(Cc2ccncc2)cc1.CCC(CC(C)c1ccccc1)c1ccc(Cn2ccnc2)cc1. The molecule has 0 aliphatic rings. The van der Waals surface area contributed by atoms with Gasteiger partial charge in [-0.2, -0.15) is 0 Å². The zero-order valence-corrected chi connectivity index (χ0v) is 67.6. The fourth-order valence-corrected chi connectivity index (χ4v) is 16.2. The first-order valence-electron chi connectivity index (χ1n) is 41.3. The van der Waals surface area contributed by atoms with Crippen LogP contribution in [0.5, 0.6) is 0 Å². The standard InChI is InChI=1S/C31H30N2.C29H30N2.C24H27N.C22H26N2/c1-3-24(19-22(2)25-9-5-4-6-10-25)26-15-13-23(14-16-26)20-28-21-27-11-7-17-32-30(27)31-29(28)12-8-18-33-31;1-3-25(19-22(2)26-9-5-4-6-10-26)27-14-12-23(13-15-27)20-24-16-18-31-29(21-24)28-11-7-8-17-30-28;1-3-22(17-19(2)23-7-5-4-6-8-23)24-11-9-20(10-12-24)18-21-13-15-25-16-14-21;1-3-20(15-18(2)21-7-5-4-6-8-21)22-11-9-19(10-12-22)16-24-14-13-23-17-24/h4-18,21-22,24H,3,19-20H2,1-2H3;4-18,21-22,25H,3,19-20H2,1-2H3;4-16,19,22H,3,17-18H2,1-2H3;4-14,17-18,20H,3,15-16H2,1-2H3. The molecule has 15 rings (SSSR count). The van der Waals surface area contributed by atoms with Crippen LogP contribution < -0.4 is 0 Å². The molecular formula is C106H113N7. The highest BCUT2D eigenvalue weighted by Gasteiger charge is 2.21. The van der Waals surface area contributed by atoms with Gasteiger partial charge in [0.2, 0.25) is 0 Å². The minimum absolute atomic E-state index is 0.556. The van der Waals surface area contributed by atoms with Gasteiger partial charge >= 0.3 is 0 Å². The molecule has 0 saturated carbocycles. The number of pyridine rings is 5. The third kappa shape index (κ3) is 23.5. The van der Waals surface area contributed by atoms with Crippen molar-refractivity contribution in [3.05, 3.63) is 431 Å². The van der Waals surface area contributed by atoms with E-state index in [4.69, 9.17) is 0 Å². The molecule has 0 radical (unpaired) electrons. The van der Waals surface area contributed by atoms with E-state index in [9.17, 15) is 0 Å². The van der Waals surface area contributed by atoms with Crippen molar-refractivity contribution < 1.29 is 0 Å². The number of hydrogen-bond acceptors (Lipinski definition) is 6. The van der Waals surface area contributed by atoms with Gasteiger partial charge in [0, 0.05) is 66.9 Å². The predicted molar refractivity (Wildman–Crippen MR) is 474 cm³/mol. The molecule has 113 heavy (non-hydrogen) atoms. The second-order valence-corrected chi connectivity index (χ2v) is 31.0. The predicted octanol–water partition coefficient (Wildman–Crippen LogP) is 27.5. The maximum absolute atomic E-state index is 4.65. The van der Waals surface area contributed by atoms with E-state index in [2.05, 4.69) is 351 Å². The first kappa shape index (κ1) is 81.0. The molecule has 15 aromatic rings. The Hall–Kier alpha value is -11.5. The van der Waals surface area contributed by atoms with Gasteiger partial charge in [-0.15, -0.1) is 0 Å². The van der Waals surface area contributed by atoms with Gasteiger partial charge in [0.1, 0.15) is 0 Å². The summed E-state index contributed by atoms with van der Waals surface area (Å²) in [5, 5.41) is 2.34. The van der Waals surface area contributed by atoms with Gasteiger partial charge in [-0.25, -0.2) is 4.98 Å². The van der Waals surface area contributed by atoms with E-state index in [1.54, 1.807) is 0 Å². The molecular weight excluding hydrogens is 1370 g/mol. The molecule has 0 N–H and O–H groups in total.